The van der Waals surface area contributed by atoms with Crippen LogP contribution >= 0.6 is 0 Å². The van der Waals surface area contributed by atoms with Gasteiger partial charge >= 0.3 is 0 Å². The van der Waals surface area contributed by atoms with Gasteiger partial charge in [0.15, 0.2) is 17.6 Å². The normalized spacial score (nSPS) is 40.0. The van der Waals surface area contributed by atoms with Crippen LogP contribution in [0, 0.1) is 5.92 Å². The van der Waals surface area contributed by atoms with Crippen molar-refractivity contribution in [1.82, 2.24) is 4.90 Å². The van der Waals surface area contributed by atoms with Crippen molar-refractivity contribution in [3.63, 3.8) is 0 Å². The van der Waals surface area contributed by atoms with Crippen molar-refractivity contribution in [3.8, 4) is 11.5 Å². The smallest absolute Gasteiger partial charge is 0.206 e. The molecule has 4 atom stereocenters. The van der Waals surface area contributed by atoms with E-state index in [0.717, 1.165) is 43.7 Å². The topological polar surface area (TPSA) is 40.2 Å². The third-order valence-electron chi connectivity index (χ3n) is 7.58. The first-order valence-corrected chi connectivity index (χ1v) is 9.55. The maximum Gasteiger partial charge on any atom is 0.206 e. The fraction of sp³-hybridized carbons (Fsp3) is 0.700. The van der Waals surface area contributed by atoms with E-state index in [1.54, 1.807) is 7.11 Å². The fourth-order valence-corrected chi connectivity index (χ4v) is 6.63. The van der Waals surface area contributed by atoms with Gasteiger partial charge in [-0.3, -0.25) is 0 Å². The lowest BCUT2D eigenvalue weighted by Gasteiger charge is -2.60. The van der Waals surface area contributed by atoms with Crippen molar-refractivity contribution in [1.29, 1.82) is 0 Å². The van der Waals surface area contributed by atoms with Crippen molar-refractivity contribution < 1.29 is 18.9 Å². The predicted octanol–water partition coefficient (Wildman–Crippen LogP) is 2.11. The summed E-state index contributed by atoms with van der Waals surface area (Å²) in [5.41, 5.74) is 2.85. The molecule has 0 aromatic heterocycles. The number of methoxy groups -OCH3 is 1. The van der Waals surface area contributed by atoms with E-state index in [1.165, 1.54) is 11.1 Å². The Morgan fingerprint density at radius 3 is 2.84 bits per heavy atom. The van der Waals surface area contributed by atoms with Crippen molar-refractivity contribution in [3.05, 3.63) is 23.3 Å². The highest BCUT2D eigenvalue weighted by Crippen LogP contribution is 2.66. The lowest BCUT2D eigenvalue weighted by atomic mass is 9.50. The van der Waals surface area contributed by atoms with Gasteiger partial charge in [0.2, 0.25) is 5.79 Å². The van der Waals surface area contributed by atoms with Gasteiger partial charge in [-0.25, -0.2) is 0 Å². The van der Waals surface area contributed by atoms with Gasteiger partial charge in [-0.2, -0.15) is 0 Å². The van der Waals surface area contributed by atoms with Crippen LogP contribution in [0.4, 0.5) is 0 Å². The van der Waals surface area contributed by atoms with Crippen molar-refractivity contribution >= 4 is 0 Å². The SMILES string of the molecule is COc1ccc2c3c1OC1C4(CCC5C(C2)N(C)CCC351)OCCO4. The molecule has 4 unspecified atom stereocenters. The Bertz CT molecular complexity index is 743. The highest BCUT2D eigenvalue weighted by atomic mass is 16.8. The molecule has 0 radical (unpaired) electrons. The van der Waals surface area contributed by atoms with Crippen molar-refractivity contribution in [2.45, 2.75) is 49.0 Å². The average Bonchev–Trinajstić information content (AvgIpc) is 3.23. The van der Waals surface area contributed by atoms with Gasteiger partial charge in [-0.1, -0.05) is 6.07 Å². The molecule has 25 heavy (non-hydrogen) atoms. The van der Waals surface area contributed by atoms with Gasteiger partial charge in [0, 0.05) is 23.4 Å². The Balaban J connectivity index is 1.62. The summed E-state index contributed by atoms with van der Waals surface area (Å²) in [5, 5.41) is 0. The van der Waals surface area contributed by atoms with Gasteiger partial charge in [0.05, 0.1) is 20.3 Å². The zero-order valence-electron chi connectivity index (χ0n) is 14.9. The Morgan fingerprint density at radius 1 is 1.20 bits per heavy atom. The molecule has 2 bridgehead atoms. The summed E-state index contributed by atoms with van der Waals surface area (Å²) < 4.78 is 24.8. The van der Waals surface area contributed by atoms with E-state index < -0.39 is 5.79 Å². The molecule has 0 amide bonds. The van der Waals surface area contributed by atoms with E-state index in [9.17, 15) is 0 Å². The molecule has 134 valence electrons. The molecule has 0 N–H and O–H groups in total. The van der Waals surface area contributed by atoms with Crippen LogP contribution in [0.15, 0.2) is 12.1 Å². The highest BCUT2D eigenvalue weighted by molar-refractivity contribution is 5.61. The first-order valence-electron chi connectivity index (χ1n) is 9.55. The number of piperidine rings is 1. The minimum Gasteiger partial charge on any atom is -0.493 e. The van der Waals surface area contributed by atoms with Crippen LogP contribution in [-0.4, -0.2) is 56.7 Å². The monoisotopic (exact) mass is 343 g/mol. The molecule has 3 heterocycles. The highest BCUT2D eigenvalue weighted by Gasteiger charge is 2.71. The molecule has 5 heteroatoms. The van der Waals surface area contributed by atoms with E-state index >= 15 is 0 Å². The molecule has 2 saturated heterocycles. The van der Waals surface area contributed by atoms with Gasteiger partial charge < -0.3 is 23.8 Å². The summed E-state index contributed by atoms with van der Waals surface area (Å²) in [4.78, 5) is 2.56. The molecule has 2 spiro atoms. The summed E-state index contributed by atoms with van der Waals surface area (Å²) in [6.07, 6.45) is 4.24. The number of hydrogen-bond acceptors (Lipinski definition) is 5. The quantitative estimate of drug-likeness (QED) is 0.781. The third-order valence-corrected chi connectivity index (χ3v) is 7.58. The number of hydrogen-bond donors (Lipinski definition) is 0. The maximum atomic E-state index is 6.68. The van der Waals surface area contributed by atoms with Crippen molar-refractivity contribution in [2.75, 3.05) is 33.9 Å². The van der Waals surface area contributed by atoms with E-state index in [0.29, 0.717) is 25.2 Å². The zero-order valence-corrected chi connectivity index (χ0v) is 14.9. The molecule has 1 saturated carbocycles. The Morgan fingerprint density at radius 2 is 2.04 bits per heavy atom. The van der Waals surface area contributed by atoms with E-state index in [2.05, 4.69) is 24.1 Å². The number of fused-ring (bicyclic) bond motifs is 1. The van der Waals surface area contributed by atoms with Gasteiger partial charge in [-0.05, 0) is 50.4 Å². The van der Waals surface area contributed by atoms with Crippen LogP contribution in [0.3, 0.4) is 0 Å². The molecule has 1 aromatic carbocycles. The molecular weight excluding hydrogens is 318 g/mol. The third kappa shape index (κ3) is 1.57. The second-order valence-electron chi connectivity index (χ2n) is 8.33. The summed E-state index contributed by atoms with van der Waals surface area (Å²) in [6.45, 7) is 2.45. The number of ether oxygens (including phenoxy) is 4. The molecule has 3 aliphatic heterocycles. The Labute approximate surface area is 148 Å². The first-order chi connectivity index (χ1) is 12.2. The largest absolute Gasteiger partial charge is 0.493 e. The number of likely N-dealkylation sites (N-methyl/N-ethyl adjacent to an activating group) is 1. The minimum absolute atomic E-state index is 0.0111. The Hall–Kier alpha value is -1.30. The Kier molecular flexibility index (Phi) is 2.79. The van der Waals surface area contributed by atoms with Gasteiger partial charge in [0.25, 0.3) is 0 Å². The minimum atomic E-state index is -0.574. The van der Waals surface area contributed by atoms with Crippen molar-refractivity contribution in [2.24, 2.45) is 5.92 Å². The van der Waals surface area contributed by atoms with Crippen LogP contribution in [0.2, 0.25) is 0 Å². The van der Waals surface area contributed by atoms with Gasteiger partial charge in [-0.15, -0.1) is 0 Å². The maximum absolute atomic E-state index is 6.68. The fourth-order valence-electron chi connectivity index (χ4n) is 6.63. The van der Waals surface area contributed by atoms with E-state index in [4.69, 9.17) is 18.9 Å². The number of nitrogens with zero attached hydrogens (tertiary/aromatic N) is 1. The standard InChI is InChI=1S/C20H25NO4/c1-21-8-7-19-13-5-6-20(23-9-10-24-20)18(19)25-17-15(22-2)4-3-12(16(17)19)11-14(13)21/h3-4,13-14,18H,5-11H2,1-2H3. The van der Waals surface area contributed by atoms with Gasteiger partial charge in [0.1, 0.15) is 0 Å². The summed E-state index contributed by atoms with van der Waals surface area (Å²) in [6, 6.07) is 4.91. The summed E-state index contributed by atoms with van der Waals surface area (Å²) in [7, 11) is 4.02. The molecule has 1 aromatic rings. The summed E-state index contributed by atoms with van der Waals surface area (Å²) in [5.74, 6) is 1.84. The van der Waals surface area contributed by atoms with Crippen LogP contribution in [0.1, 0.15) is 30.4 Å². The molecular formula is C20H25NO4. The second kappa shape index (κ2) is 4.70. The lowest BCUT2D eigenvalue weighted by molar-refractivity contribution is -0.260. The van der Waals surface area contributed by atoms with Crippen LogP contribution in [0.5, 0.6) is 11.5 Å². The van der Waals surface area contributed by atoms with E-state index in [-0.39, 0.29) is 11.5 Å². The molecule has 3 fully saturated rings. The molecule has 5 aliphatic rings. The molecule has 6 rings (SSSR count). The van der Waals surface area contributed by atoms with E-state index in [1.807, 2.05) is 0 Å². The lowest BCUT2D eigenvalue weighted by Crippen LogP contribution is -2.69. The van der Waals surface area contributed by atoms with Crippen LogP contribution in [0.25, 0.3) is 0 Å². The van der Waals surface area contributed by atoms with Crippen LogP contribution < -0.4 is 9.47 Å². The molecule has 5 nitrogen and oxygen atoms in total. The number of benzene rings is 1. The first kappa shape index (κ1) is 14.8. The molecule has 2 aliphatic carbocycles. The summed E-state index contributed by atoms with van der Waals surface area (Å²) >= 11 is 0. The second-order valence-corrected chi connectivity index (χ2v) is 8.33. The number of rotatable bonds is 1. The zero-order chi connectivity index (χ0) is 16.8. The number of likely N-dealkylation sites (tertiary alicyclic amines) is 1. The van der Waals surface area contributed by atoms with Crippen LogP contribution in [-0.2, 0) is 21.3 Å². The average molecular weight is 343 g/mol. The predicted molar refractivity (Wildman–Crippen MR) is 91.2 cm³/mol.